The number of ether oxygens (including phenoxy) is 1. The van der Waals surface area contributed by atoms with Gasteiger partial charge in [0.2, 0.25) is 0 Å². The summed E-state index contributed by atoms with van der Waals surface area (Å²) in [5.41, 5.74) is 1.77. The molecule has 1 aromatic carbocycles. The molecule has 0 aliphatic carbocycles. The summed E-state index contributed by atoms with van der Waals surface area (Å²) in [6.07, 6.45) is 1.56. The van der Waals surface area contributed by atoms with Gasteiger partial charge in [0.15, 0.2) is 6.61 Å². The molecule has 0 aliphatic rings. The summed E-state index contributed by atoms with van der Waals surface area (Å²) in [6.45, 7) is 6.37. The summed E-state index contributed by atoms with van der Waals surface area (Å²) in [5.74, 6) is -1.33. The molecule has 0 atom stereocenters. The van der Waals surface area contributed by atoms with Gasteiger partial charge in [-0.1, -0.05) is 0 Å². The highest BCUT2D eigenvalue weighted by Crippen LogP contribution is 2.12. The van der Waals surface area contributed by atoms with Gasteiger partial charge in [0, 0.05) is 36.2 Å². The van der Waals surface area contributed by atoms with E-state index in [0.717, 1.165) is 5.69 Å². The molecule has 3 aromatic rings. The number of fused-ring (bicyclic) bond motifs is 1. The number of benzene rings is 1. The van der Waals surface area contributed by atoms with Gasteiger partial charge in [0.1, 0.15) is 0 Å². The lowest BCUT2D eigenvalue weighted by Gasteiger charge is -2.18. The van der Waals surface area contributed by atoms with Gasteiger partial charge >= 0.3 is 5.97 Å². The van der Waals surface area contributed by atoms with E-state index >= 15 is 0 Å². The fourth-order valence-electron chi connectivity index (χ4n) is 2.78. The number of amides is 2. The lowest BCUT2D eigenvalue weighted by atomic mass is 10.2. The Kier molecular flexibility index (Phi) is 6.35. The third-order valence-electron chi connectivity index (χ3n) is 4.41. The summed E-state index contributed by atoms with van der Waals surface area (Å²) < 4.78 is 6.39. The lowest BCUT2D eigenvalue weighted by molar-refractivity contribution is -0.119. The van der Waals surface area contributed by atoms with Crippen molar-refractivity contribution in [2.24, 2.45) is 0 Å². The van der Waals surface area contributed by atoms with E-state index in [-0.39, 0.29) is 17.5 Å². The van der Waals surface area contributed by atoms with Crippen molar-refractivity contribution in [1.29, 1.82) is 0 Å². The Morgan fingerprint density at radius 1 is 1.10 bits per heavy atom. The van der Waals surface area contributed by atoms with Crippen molar-refractivity contribution < 1.29 is 19.1 Å². The van der Waals surface area contributed by atoms with E-state index in [1.165, 1.54) is 4.52 Å². The number of carbonyl (C=O) groups is 3. The molecule has 0 bridgehead atoms. The van der Waals surface area contributed by atoms with Gasteiger partial charge in [-0.05, 0) is 51.1 Å². The van der Waals surface area contributed by atoms with Crippen molar-refractivity contribution in [2.75, 3.05) is 25.0 Å². The average Bonchev–Trinajstić information content (AvgIpc) is 3.19. The van der Waals surface area contributed by atoms with Crippen LogP contribution in [0.25, 0.3) is 5.78 Å². The number of esters is 1. The first-order valence-electron chi connectivity index (χ1n) is 9.47. The van der Waals surface area contributed by atoms with Crippen molar-refractivity contribution in [3.63, 3.8) is 0 Å². The fourth-order valence-corrected chi connectivity index (χ4v) is 2.78. The van der Waals surface area contributed by atoms with Crippen LogP contribution in [0.1, 0.15) is 40.5 Å². The van der Waals surface area contributed by atoms with E-state index in [0.29, 0.717) is 24.3 Å². The van der Waals surface area contributed by atoms with Crippen molar-refractivity contribution in [1.82, 2.24) is 24.5 Å². The number of aryl methyl sites for hydroxylation is 1. The fraction of sp³-hybridized carbons (Fsp3) is 0.300. The molecule has 2 aromatic heterocycles. The maximum atomic E-state index is 12.3. The monoisotopic (exact) mass is 410 g/mol. The van der Waals surface area contributed by atoms with Crippen LogP contribution >= 0.6 is 0 Å². The molecule has 0 saturated carbocycles. The average molecular weight is 410 g/mol. The molecular formula is C20H22N6O4. The van der Waals surface area contributed by atoms with Gasteiger partial charge in [-0.15, -0.1) is 5.10 Å². The first-order valence-corrected chi connectivity index (χ1v) is 9.47. The SMILES string of the molecule is CCN(CC)C(=O)c1ccc(NC(=O)COC(=O)c2nc3nccc(C)n3n2)cc1. The molecule has 0 radical (unpaired) electrons. The molecule has 2 heterocycles. The summed E-state index contributed by atoms with van der Waals surface area (Å²) >= 11 is 0. The molecule has 156 valence electrons. The van der Waals surface area contributed by atoms with Gasteiger partial charge in [-0.2, -0.15) is 4.98 Å². The number of rotatable bonds is 7. The molecule has 2 amide bonds. The Labute approximate surface area is 172 Å². The predicted octanol–water partition coefficient (Wildman–Crippen LogP) is 1.71. The van der Waals surface area contributed by atoms with Gasteiger partial charge in [-0.3, -0.25) is 9.59 Å². The third-order valence-corrected chi connectivity index (χ3v) is 4.41. The van der Waals surface area contributed by atoms with Gasteiger partial charge in [-0.25, -0.2) is 14.3 Å². The summed E-state index contributed by atoms with van der Waals surface area (Å²) in [4.78, 5) is 46.2. The van der Waals surface area contributed by atoms with Crippen LogP contribution in [-0.2, 0) is 9.53 Å². The van der Waals surface area contributed by atoms with Gasteiger partial charge in [0.05, 0.1) is 0 Å². The second-order valence-corrected chi connectivity index (χ2v) is 6.41. The number of aromatic nitrogens is 4. The standard InChI is InChI=1S/C20H22N6O4/c1-4-25(5-2)18(28)14-6-8-15(9-7-14)22-16(27)12-30-19(29)17-23-20-21-11-10-13(3)26(20)24-17/h6-11H,4-5,12H2,1-3H3,(H,22,27). The second-order valence-electron chi connectivity index (χ2n) is 6.41. The minimum absolute atomic E-state index is 0.0727. The largest absolute Gasteiger partial charge is 0.450 e. The number of hydrogen-bond acceptors (Lipinski definition) is 7. The Morgan fingerprint density at radius 3 is 2.43 bits per heavy atom. The van der Waals surface area contributed by atoms with Gasteiger partial charge in [0.25, 0.3) is 23.4 Å². The molecular weight excluding hydrogens is 388 g/mol. The third kappa shape index (κ3) is 4.59. The molecule has 10 heteroatoms. The van der Waals surface area contributed by atoms with Crippen LogP contribution in [0, 0.1) is 6.92 Å². The highest BCUT2D eigenvalue weighted by molar-refractivity contribution is 5.96. The van der Waals surface area contributed by atoms with Crippen LogP contribution in [0.2, 0.25) is 0 Å². The molecule has 0 spiro atoms. The lowest BCUT2D eigenvalue weighted by Crippen LogP contribution is -2.30. The van der Waals surface area contributed by atoms with Crippen molar-refractivity contribution in [3.8, 4) is 0 Å². The number of hydrogen-bond donors (Lipinski definition) is 1. The number of anilines is 1. The summed E-state index contributed by atoms with van der Waals surface area (Å²) in [5, 5.41) is 6.64. The minimum atomic E-state index is -0.824. The van der Waals surface area contributed by atoms with E-state index in [2.05, 4.69) is 20.4 Å². The summed E-state index contributed by atoms with van der Waals surface area (Å²) in [6, 6.07) is 8.24. The zero-order chi connectivity index (χ0) is 21.7. The number of carbonyl (C=O) groups excluding carboxylic acids is 3. The Hall–Kier alpha value is -3.82. The maximum Gasteiger partial charge on any atom is 0.378 e. The quantitative estimate of drug-likeness (QED) is 0.589. The van der Waals surface area contributed by atoms with E-state index in [1.807, 2.05) is 13.8 Å². The second kappa shape index (κ2) is 9.12. The zero-order valence-corrected chi connectivity index (χ0v) is 17.0. The smallest absolute Gasteiger partial charge is 0.378 e. The van der Waals surface area contributed by atoms with E-state index in [4.69, 9.17) is 4.74 Å². The molecule has 10 nitrogen and oxygen atoms in total. The summed E-state index contributed by atoms with van der Waals surface area (Å²) in [7, 11) is 0. The highest BCUT2D eigenvalue weighted by atomic mass is 16.5. The van der Waals surface area contributed by atoms with Crippen LogP contribution in [0.15, 0.2) is 36.5 Å². The number of nitrogens with zero attached hydrogens (tertiary/aromatic N) is 5. The molecule has 1 N–H and O–H groups in total. The van der Waals surface area contributed by atoms with Gasteiger partial charge < -0.3 is 15.0 Å². The normalized spacial score (nSPS) is 10.6. The molecule has 0 unspecified atom stereocenters. The molecule has 0 saturated heterocycles. The van der Waals surface area contributed by atoms with Crippen molar-refractivity contribution in [2.45, 2.75) is 20.8 Å². The van der Waals surface area contributed by atoms with E-state index in [9.17, 15) is 14.4 Å². The zero-order valence-electron chi connectivity index (χ0n) is 17.0. The van der Waals surface area contributed by atoms with Crippen LogP contribution in [0.3, 0.4) is 0 Å². The molecule has 30 heavy (non-hydrogen) atoms. The predicted molar refractivity (Wildman–Crippen MR) is 108 cm³/mol. The first-order chi connectivity index (χ1) is 14.4. The Bertz CT molecular complexity index is 1070. The Morgan fingerprint density at radius 2 is 1.80 bits per heavy atom. The van der Waals surface area contributed by atoms with Crippen molar-refractivity contribution >= 4 is 29.2 Å². The minimum Gasteiger partial charge on any atom is -0.450 e. The van der Waals surface area contributed by atoms with Crippen LogP contribution in [-0.4, -0.2) is 62.0 Å². The first kappa shape index (κ1) is 20.9. The van der Waals surface area contributed by atoms with Crippen LogP contribution in [0.5, 0.6) is 0 Å². The topological polar surface area (TPSA) is 119 Å². The molecule has 3 rings (SSSR count). The highest BCUT2D eigenvalue weighted by Gasteiger charge is 2.17. The number of nitrogens with one attached hydrogen (secondary N) is 1. The van der Waals surface area contributed by atoms with E-state index < -0.39 is 18.5 Å². The molecule has 0 aliphatic heterocycles. The van der Waals surface area contributed by atoms with E-state index in [1.54, 1.807) is 48.4 Å². The van der Waals surface area contributed by atoms with Crippen molar-refractivity contribution in [3.05, 3.63) is 53.6 Å². The Balaban J connectivity index is 1.55. The molecule has 0 fully saturated rings. The van der Waals surface area contributed by atoms with Crippen LogP contribution in [0.4, 0.5) is 5.69 Å². The maximum absolute atomic E-state index is 12.3. The van der Waals surface area contributed by atoms with Crippen LogP contribution < -0.4 is 5.32 Å².